The van der Waals surface area contributed by atoms with Crippen LogP contribution in [-0.4, -0.2) is 60.1 Å². The molecule has 38 heavy (non-hydrogen) atoms. The zero-order valence-corrected chi connectivity index (χ0v) is 24.7. The van der Waals surface area contributed by atoms with Gasteiger partial charge in [-0.1, -0.05) is 51.4 Å². The van der Waals surface area contributed by atoms with Crippen LogP contribution in [0.4, 0.5) is 0 Å². The minimum absolute atomic E-state index is 0.123. The van der Waals surface area contributed by atoms with Crippen molar-refractivity contribution >= 4 is 23.8 Å². The van der Waals surface area contributed by atoms with E-state index in [1.54, 1.807) is 41.5 Å². The highest BCUT2D eigenvalue weighted by atomic mass is 16.6. The quantitative estimate of drug-likeness (QED) is 0.143. The van der Waals surface area contributed by atoms with Gasteiger partial charge in [0.25, 0.3) is 0 Å². The van der Waals surface area contributed by atoms with Gasteiger partial charge in [-0.05, 0) is 54.4 Å². The molecular formula is C28H54N4O6. The van der Waals surface area contributed by atoms with E-state index in [-0.39, 0.29) is 24.7 Å². The van der Waals surface area contributed by atoms with Gasteiger partial charge >= 0.3 is 11.9 Å². The Morgan fingerprint density at radius 2 is 0.816 bits per heavy atom. The minimum Gasteiger partial charge on any atom is -0.460 e. The molecule has 0 saturated heterocycles. The second-order valence-electron chi connectivity index (χ2n) is 11.9. The van der Waals surface area contributed by atoms with Gasteiger partial charge in [0.05, 0.1) is 24.9 Å². The number of ether oxygens (including phenoxy) is 2. The number of amides is 2. The fourth-order valence-electron chi connectivity index (χ4n) is 3.66. The average molecular weight is 543 g/mol. The molecule has 0 spiro atoms. The van der Waals surface area contributed by atoms with Crippen molar-refractivity contribution in [3.05, 3.63) is 0 Å². The van der Waals surface area contributed by atoms with Crippen molar-refractivity contribution in [2.24, 2.45) is 11.5 Å². The van der Waals surface area contributed by atoms with Crippen molar-refractivity contribution < 1.29 is 28.7 Å². The maximum absolute atomic E-state index is 12.0. The van der Waals surface area contributed by atoms with E-state index in [1.165, 1.54) is 12.8 Å². The monoisotopic (exact) mass is 542 g/mol. The molecular weight excluding hydrogens is 488 g/mol. The molecule has 2 atom stereocenters. The first-order chi connectivity index (χ1) is 17.6. The number of hydrogen-bond acceptors (Lipinski definition) is 8. The SMILES string of the molecule is CC(C)(C)OC(=O)CC(N)C(=O)NCCCCCCCCCCCCNC(=O)C(N)CC(=O)OC(C)(C)C. The van der Waals surface area contributed by atoms with E-state index in [2.05, 4.69) is 10.6 Å². The van der Waals surface area contributed by atoms with Crippen molar-refractivity contribution in [1.82, 2.24) is 10.6 Å². The van der Waals surface area contributed by atoms with Gasteiger partial charge in [-0.3, -0.25) is 19.2 Å². The molecule has 0 fully saturated rings. The highest BCUT2D eigenvalue weighted by molar-refractivity contribution is 5.87. The first kappa shape index (κ1) is 35.8. The van der Waals surface area contributed by atoms with Crippen LogP contribution in [0.5, 0.6) is 0 Å². The number of nitrogens with two attached hydrogens (primary N) is 2. The van der Waals surface area contributed by atoms with Gasteiger partial charge in [0.1, 0.15) is 11.2 Å². The van der Waals surface area contributed by atoms with E-state index in [0.29, 0.717) is 13.1 Å². The third-order valence-electron chi connectivity index (χ3n) is 5.49. The summed E-state index contributed by atoms with van der Waals surface area (Å²) in [6.07, 6.45) is 10.5. The molecule has 0 heterocycles. The van der Waals surface area contributed by atoms with E-state index in [4.69, 9.17) is 20.9 Å². The molecule has 6 N–H and O–H groups in total. The summed E-state index contributed by atoms with van der Waals surface area (Å²) in [6, 6.07) is -1.77. The molecule has 10 heteroatoms. The zero-order chi connectivity index (χ0) is 29.2. The molecule has 10 nitrogen and oxygen atoms in total. The van der Waals surface area contributed by atoms with Crippen molar-refractivity contribution in [3.8, 4) is 0 Å². The van der Waals surface area contributed by atoms with Gasteiger partial charge in [0.2, 0.25) is 11.8 Å². The standard InChI is InChI=1S/C28H54N4O6/c1-27(2,3)37-23(33)19-21(29)25(35)31-17-15-13-11-9-7-8-10-12-14-16-18-32-26(36)22(30)20-24(34)38-28(4,5)6/h21-22H,7-20,29-30H2,1-6H3,(H,31,35)(H,32,36). The van der Waals surface area contributed by atoms with Crippen molar-refractivity contribution in [1.29, 1.82) is 0 Å². The van der Waals surface area contributed by atoms with Crippen LogP contribution < -0.4 is 22.1 Å². The Labute approximate surface area is 229 Å². The van der Waals surface area contributed by atoms with Crippen LogP contribution in [0.3, 0.4) is 0 Å². The molecule has 0 aliphatic rings. The van der Waals surface area contributed by atoms with Gasteiger partial charge in [0.15, 0.2) is 0 Å². The minimum atomic E-state index is -0.886. The summed E-state index contributed by atoms with van der Waals surface area (Å²) in [5.74, 6) is -1.58. The zero-order valence-electron chi connectivity index (χ0n) is 24.7. The summed E-state index contributed by atoms with van der Waals surface area (Å²) in [5.41, 5.74) is 10.4. The number of carbonyl (C=O) groups is 4. The van der Waals surface area contributed by atoms with Gasteiger partial charge in [0, 0.05) is 13.1 Å². The maximum Gasteiger partial charge on any atom is 0.308 e. The molecule has 2 amide bonds. The molecule has 0 aromatic rings. The lowest BCUT2D eigenvalue weighted by Gasteiger charge is -2.20. The van der Waals surface area contributed by atoms with Gasteiger partial charge in [-0.25, -0.2) is 0 Å². The Hall–Kier alpha value is -2.20. The Morgan fingerprint density at radius 1 is 0.553 bits per heavy atom. The van der Waals surface area contributed by atoms with Crippen molar-refractivity contribution in [3.63, 3.8) is 0 Å². The first-order valence-corrected chi connectivity index (χ1v) is 14.1. The number of esters is 2. The average Bonchev–Trinajstić information content (AvgIpc) is 2.76. The second kappa shape index (κ2) is 19.0. The summed E-state index contributed by atoms with van der Waals surface area (Å²) < 4.78 is 10.4. The highest BCUT2D eigenvalue weighted by Gasteiger charge is 2.23. The van der Waals surface area contributed by atoms with E-state index in [0.717, 1.165) is 51.4 Å². The van der Waals surface area contributed by atoms with Gasteiger partial charge < -0.3 is 31.6 Å². The summed E-state index contributed by atoms with van der Waals surface area (Å²) in [4.78, 5) is 47.5. The van der Waals surface area contributed by atoms with Gasteiger partial charge in [-0.2, -0.15) is 0 Å². The lowest BCUT2D eigenvalue weighted by molar-refractivity contribution is -0.157. The predicted octanol–water partition coefficient (Wildman–Crippen LogP) is 3.24. The van der Waals surface area contributed by atoms with Crippen LogP contribution in [-0.2, 0) is 28.7 Å². The van der Waals surface area contributed by atoms with Crippen LogP contribution >= 0.6 is 0 Å². The fourth-order valence-corrected chi connectivity index (χ4v) is 3.66. The molecule has 0 saturated carbocycles. The predicted molar refractivity (Wildman–Crippen MR) is 149 cm³/mol. The number of hydrogen-bond donors (Lipinski definition) is 4. The summed E-state index contributed by atoms with van der Waals surface area (Å²) in [6.45, 7) is 11.8. The first-order valence-electron chi connectivity index (χ1n) is 14.1. The number of carbonyl (C=O) groups excluding carboxylic acids is 4. The Balaban J connectivity index is 3.60. The van der Waals surface area contributed by atoms with E-state index < -0.39 is 35.2 Å². The lowest BCUT2D eigenvalue weighted by atomic mass is 10.1. The molecule has 0 bridgehead atoms. The number of rotatable bonds is 19. The van der Waals surface area contributed by atoms with Crippen LogP contribution in [0.25, 0.3) is 0 Å². The Morgan fingerprint density at radius 3 is 1.08 bits per heavy atom. The summed E-state index contributed by atoms with van der Waals surface area (Å²) in [7, 11) is 0. The normalized spacial score (nSPS) is 13.4. The lowest BCUT2D eigenvalue weighted by Crippen LogP contribution is -2.43. The largest absolute Gasteiger partial charge is 0.460 e. The molecule has 2 unspecified atom stereocenters. The molecule has 0 aliphatic heterocycles. The Bertz CT molecular complexity index is 655. The van der Waals surface area contributed by atoms with E-state index >= 15 is 0 Å². The summed E-state index contributed by atoms with van der Waals surface area (Å²) in [5, 5.41) is 5.58. The second-order valence-corrected chi connectivity index (χ2v) is 11.9. The number of unbranched alkanes of at least 4 members (excludes halogenated alkanes) is 9. The molecule has 222 valence electrons. The topological polar surface area (TPSA) is 163 Å². The van der Waals surface area contributed by atoms with Gasteiger partial charge in [-0.15, -0.1) is 0 Å². The number of nitrogens with one attached hydrogen (secondary N) is 2. The smallest absolute Gasteiger partial charge is 0.308 e. The fraction of sp³-hybridized carbons (Fsp3) is 0.857. The molecule has 0 aromatic carbocycles. The highest BCUT2D eigenvalue weighted by Crippen LogP contribution is 2.12. The van der Waals surface area contributed by atoms with E-state index in [9.17, 15) is 19.2 Å². The Kier molecular flexibility index (Phi) is 17.9. The maximum atomic E-state index is 12.0. The van der Waals surface area contributed by atoms with Crippen molar-refractivity contribution in [2.75, 3.05) is 13.1 Å². The third-order valence-corrected chi connectivity index (χ3v) is 5.49. The molecule has 0 aliphatic carbocycles. The van der Waals surface area contributed by atoms with Crippen LogP contribution in [0.2, 0.25) is 0 Å². The third kappa shape index (κ3) is 21.8. The molecule has 0 radical (unpaired) electrons. The van der Waals surface area contributed by atoms with Crippen LogP contribution in [0, 0.1) is 0 Å². The molecule has 0 rings (SSSR count). The molecule has 0 aromatic heterocycles. The van der Waals surface area contributed by atoms with Crippen LogP contribution in [0.1, 0.15) is 119 Å². The summed E-state index contributed by atoms with van der Waals surface area (Å²) >= 11 is 0. The van der Waals surface area contributed by atoms with Crippen LogP contribution in [0.15, 0.2) is 0 Å². The van der Waals surface area contributed by atoms with E-state index in [1.807, 2.05) is 0 Å². The van der Waals surface area contributed by atoms with Crippen molar-refractivity contribution in [2.45, 2.75) is 142 Å².